The Kier molecular flexibility index (Phi) is 3.54. The molecular formula is C13H16BrNO2. The van der Waals surface area contributed by atoms with E-state index >= 15 is 0 Å². The number of halogens is 1. The van der Waals surface area contributed by atoms with Gasteiger partial charge in [0.2, 0.25) is 0 Å². The van der Waals surface area contributed by atoms with E-state index in [0.717, 1.165) is 4.47 Å². The van der Waals surface area contributed by atoms with Crippen LogP contribution < -0.4 is 5.32 Å². The second-order valence-electron chi connectivity index (χ2n) is 4.63. The predicted octanol–water partition coefficient (Wildman–Crippen LogP) is 2.80. The third-order valence-electron chi connectivity index (χ3n) is 3.50. The summed E-state index contributed by atoms with van der Waals surface area (Å²) in [5.41, 5.74) is 3.66. The van der Waals surface area contributed by atoms with Crippen LogP contribution >= 0.6 is 15.9 Å². The summed E-state index contributed by atoms with van der Waals surface area (Å²) in [6, 6.07) is 4.27. The van der Waals surface area contributed by atoms with Crippen molar-refractivity contribution in [3.05, 3.63) is 33.3 Å². The van der Waals surface area contributed by atoms with Crippen molar-refractivity contribution in [2.24, 2.45) is 5.92 Å². The molecule has 0 radical (unpaired) electrons. The monoisotopic (exact) mass is 297 g/mol. The Hall–Kier alpha value is -0.870. The van der Waals surface area contributed by atoms with Crippen LogP contribution in [0.5, 0.6) is 0 Å². The molecule has 1 aliphatic heterocycles. The fourth-order valence-corrected chi connectivity index (χ4v) is 2.86. The van der Waals surface area contributed by atoms with Gasteiger partial charge >= 0.3 is 5.97 Å². The molecule has 92 valence electrons. The first-order chi connectivity index (χ1) is 8.00. The highest BCUT2D eigenvalue weighted by atomic mass is 79.9. The number of carboxylic acids is 1. The summed E-state index contributed by atoms with van der Waals surface area (Å²) in [5, 5.41) is 12.3. The number of aryl methyl sites for hydroxylation is 1. The standard InChI is InChI=1S/C13H16BrNO2/c1-7-3-4-10(14)8(2)12(7)11-5-9(6-15-11)13(16)17/h3-4,9,11,15H,5-6H2,1-2H3,(H,16,17). The van der Waals surface area contributed by atoms with Crippen LogP contribution in [0.15, 0.2) is 16.6 Å². The second-order valence-corrected chi connectivity index (χ2v) is 5.49. The van der Waals surface area contributed by atoms with E-state index in [2.05, 4.69) is 41.2 Å². The molecule has 3 nitrogen and oxygen atoms in total. The Morgan fingerprint density at radius 1 is 1.47 bits per heavy atom. The van der Waals surface area contributed by atoms with Gasteiger partial charge in [-0.3, -0.25) is 4.79 Å². The molecule has 1 aromatic rings. The number of rotatable bonds is 2. The number of carboxylic acid groups (broad SMARTS) is 1. The molecule has 2 rings (SSSR count). The molecule has 0 amide bonds. The van der Waals surface area contributed by atoms with Crippen LogP contribution in [0.25, 0.3) is 0 Å². The lowest BCUT2D eigenvalue weighted by Crippen LogP contribution is -2.18. The van der Waals surface area contributed by atoms with Crippen molar-refractivity contribution in [2.45, 2.75) is 26.3 Å². The molecule has 0 bridgehead atoms. The molecule has 1 heterocycles. The number of hydrogen-bond donors (Lipinski definition) is 2. The third-order valence-corrected chi connectivity index (χ3v) is 4.35. The summed E-state index contributed by atoms with van der Waals surface area (Å²) in [4.78, 5) is 11.0. The first-order valence-corrected chi connectivity index (χ1v) is 6.51. The first-order valence-electron chi connectivity index (χ1n) is 5.72. The van der Waals surface area contributed by atoms with Gasteiger partial charge in [-0.1, -0.05) is 22.0 Å². The van der Waals surface area contributed by atoms with Crippen LogP contribution in [0.2, 0.25) is 0 Å². The number of carbonyl (C=O) groups is 1. The van der Waals surface area contributed by atoms with Crippen molar-refractivity contribution in [1.82, 2.24) is 5.32 Å². The lowest BCUT2D eigenvalue weighted by atomic mass is 9.93. The lowest BCUT2D eigenvalue weighted by molar-refractivity contribution is -0.141. The predicted molar refractivity (Wildman–Crippen MR) is 70.1 cm³/mol. The highest BCUT2D eigenvalue weighted by molar-refractivity contribution is 9.10. The smallest absolute Gasteiger partial charge is 0.307 e. The SMILES string of the molecule is Cc1ccc(Br)c(C)c1C1CC(C(=O)O)CN1. The molecule has 2 unspecified atom stereocenters. The summed E-state index contributed by atoms with van der Waals surface area (Å²) in [7, 11) is 0. The van der Waals surface area contributed by atoms with E-state index < -0.39 is 5.97 Å². The van der Waals surface area contributed by atoms with Gasteiger partial charge in [0.05, 0.1) is 5.92 Å². The minimum absolute atomic E-state index is 0.161. The molecule has 17 heavy (non-hydrogen) atoms. The van der Waals surface area contributed by atoms with Gasteiger partial charge in [-0.15, -0.1) is 0 Å². The van der Waals surface area contributed by atoms with E-state index in [1.165, 1.54) is 16.7 Å². The highest BCUT2D eigenvalue weighted by Gasteiger charge is 2.31. The van der Waals surface area contributed by atoms with Gasteiger partial charge in [0.1, 0.15) is 0 Å². The second kappa shape index (κ2) is 4.78. The Morgan fingerprint density at radius 2 is 2.18 bits per heavy atom. The molecule has 4 heteroatoms. The number of nitrogens with one attached hydrogen (secondary N) is 1. The number of hydrogen-bond acceptors (Lipinski definition) is 2. The number of benzene rings is 1. The normalized spacial score (nSPS) is 23.9. The molecule has 0 saturated carbocycles. The lowest BCUT2D eigenvalue weighted by Gasteiger charge is -2.18. The average molecular weight is 298 g/mol. The van der Waals surface area contributed by atoms with Crippen LogP contribution in [-0.4, -0.2) is 17.6 Å². The van der Waals surface area contributed by atoms with Crippen molar-refractivity contribution < 1.29 is 9.90 Å². The quantitative estimate of drug-likeness (QED) is 0.882. The van der Waals surface area contributed by atoms with E-state index in [4.69, 9.17) is 5.11 Å². The first kappa shape index (κ1) is 12.6. The largest absolute Gasteiger partial charge is 0.481 e. The Bertz CT molecular complexity index is 459. The summed E-state index contributed by atoms with van der Waals surface area (Å²) in [6.07, 6.45) is 0.674. The van der Waals surface area contributed by atoms with Gasteiger partial charge in [0.25, 0.3) is 0 Å². The maximum atomic E-state index is 11.0. The van der Waals surface area contributed by atoms with Crippen LogP contribution in [-0.2, 0) is 4.79 Å². The maximum Gasteiger partial charge on any atom is 0.307 e. The minimum Gasteiger partial charge on any atom is -0.481 e. The van der Waals surface area contributed by atoms with Gasteiger partial charge in [0.15, 0.2) is 0 Å². The summed E-state index contributed by atoms with van der Waals surface area (Å²) < 4.78 is 1.08. The minimum atomic E-state index is -0.703. The van der Waals surface area contributed by atoms with E-state index in [-0.39, 0.29) is 12.0 Å². The van der Waals surface area contributed by atoms with Crippen molar-refractivity contribution >= 4 is 21.9 Å². The molecule has 0 spiro atoms. The fourth-order valence-electron chi connectivity index (χ4n) is 2.52. The molecule has 1 aliphatic rings. The maximum absolute atomic E-state index is 11.0. The number of aliphatic carboxylic acids is 1. The van der Waals surface area contributed by atoms with Gasteiger partial charge in [0, 0.05) is 17.1 Å². The molecule has 2 atom stereocenters. The fraction of sp³-hybridized carbons (Fsp3) is 0.462. The van der Waals surface area contributed by atoms with Crippen molar-refractivity contribution in [1.29, 1.82) is 0 Å². The van der Waals surface area contributed by atoms with Crippen LogP contribution in [0, 0.1) is 19.8 Å². The van der Waals surface area contributed by atoms with E-state index in [1.54, 1.807) is 0 Å². The average Bonchev–Trinajstić information content (AvgIpc) is 2.73. The third kappa shape index (κ3) is 2.38. The summed E-state index contributed by atoms with van der Waals surface area (Å²) in [6.45, 7) is 4.71. The highest BCUT2D eigenvalue weighted by Crippen LogP contribution is 2.34. The van der Waals surface area contributed by atoms with Crippen molar-refractivity contribution in [2.75, 3.05) is 6.54 Å². The zero-order valence-corrected chi connectivity index (χ0v) is 11.5. The Labute approximate surface area is 109 Å². The van der Waals surface area contributed by atoms with Gasteiger partial charge < -0.3 is 10.4 Å². The zero-order chi connectivity index (χ0) is 12.6. The molecule has 2 N–H and O–H groups in total. The Balaban J connectivity index is 2.30. The molecule has 0 aromatic heterocycles. The van der Waals surface area contributed by atoms with E-state index in [1.807, 2.05) is 6.07 Å². The zero-order valence-electron chi connectivity index (χ0n) is 9.96. The van der Waals surface area contributed by atoms with Crippen LogP contribution in [0.4, 0.5) is 0 Å². The van der Waals surface area contributed by atoms with E-state index in [9.17, 15) is 4.79 Å². The molecule has 1 aromatic carbocycles. The van der Waals surface area contributed by atoms with Gasteiger partial charge in [-0.2, -0.15) is 0 Å². The van der Waals surface area contributed by atoms with Gasteiger partial charge in [-0.05, 0) is 43.0 Å². The van der Waals surface area contributed by atoms with E-state index in [0.29, 0.717) is 13.0 Å². The Morgan fingerprint density at radius 3 is 2.76 bits per heavy atom. The molecule has 1 fully saturated rings. The molecular weight excluding hydrogens is 282 g/mol. The molecule has 1 saturated heterocycles. The summed E-state index contributed by atoms with van der Waals surface area (Å²) in [5.74, 6) is -0.969. The van der Waals surface area contributed by atoms with Gasteiger partial charge in [-0.25, -0.2) is 0 Å². The topological polar surface area (TPSA) is 49.3 Å². The van der Waals surface area contributed by atoms with Crippen LogP contribution in [0.1, 0.15) is 29.2 Å². The van der Waals surface area contributed by atoms with Crippen LogP contribution in [0.3, 0.4) is 0 Å². The van der Waals surface area contributed by atoms with Crippen molar-refractivity contribution in [3.63, 3.8) is 0 Å². The molecule has 0 aliphatic carbocycles. The van der Waals surface area contributed by atoms with Crippen molar-refractivity contribution in [3.8, 4) is 0 Å². The summed E-state index contributed by atoms with van der Waals surface area (Å²) >= 11 is 3.53.